The van der Waals surface area contributed by atoms with Crippen LogP contribution in [0.25, 0.3) is 0 Å². The molecule has 0 aliphatic heterocycles. The molecule has 0 aliphatic carbocycles. The molecule has 0 radical (unpaired) electrons. The highest BCUT2D eigenvalue weighted by atomic mass is 16.5. The molecule has 0 aromatic heterocycles. The van der Waals surface area contributed by atoms with Gasteiger partial charge in [0.15, 0.2) is 0 Å². The fraction of sp³-hybridized carbons (Fsp3) is 0.0714. The van der Waals surface area contributed by atoms with E-state index in [0.29, 0.717) is 12.2 Å². The van der Waals surface area contributed by atoms with E-state index in [1.165, 1.54) is 0 Å². The van der Waals surface area contributed by atoms with E-state index in [1.807, 2.05) is 42.5 Å². The number of rotatable bonds is 3. The minimum absolute atomic E-state index is 0.524. The summed E-state index contributed by atoms with van der Waals surface area (Å²) in [6.07, 6.45) is 0. The molecule has 0 amide bonds. The van der Waals surface area contributed by atoms with Gasteiger partial charge in [-0.25, -0.2) is 0 Å². The fourth-order valence-electron chi connectivity index (χ4n) is 1.40. The van der Waals surface area contributed by atoms with Crippen LogP contribution in [0.4, 0.5) is 0 Å². The lowest BCUT2D eigenvalue weighted by Crippen LogP contribution is -1.94. The van der Waals surface area contributed by atoms with Crippen molar-refractivity contribution in [3.63, 3.8) is 0 Å². The normalized spacial score (nSPS) is 9.44. The predicted molar refractivity (Wildman–Crippen MR) is 61.9 cm³/mol. The zero-order valence-corrected chi connectivity index (χ0v) is 8.76. The summed E-state index contributed by atoms with van der Waals surface area (Å²) in [6, 6.07) is 19.2. The van der Waals surface area contributed by atoms with E-state index in [2.05, 4.69) is 6.07 Å². The van der Waals surface area contributed by atoms with E-state index in [1.54, 1.807) is 12.1 Å². The van der Waals surface area contributed by atoms with Gasteiger partial charge in [0.1, 0.15) is 12.4 Å². The lowest BCUT2D eigenvalue weighted by Gasteiger charge is -2.05. The zero-order chi connectivity index (χ0) is 11.2. The minimum Gasteiger partial charge on any atom is -0.489 e. The van der Waals surface area contributed by atoms with Gasteiger partial charge in [0.2, 0.25) is 0 Å². The van der Waals surface area contributed by atoms with Crippen molar-refractivity contribution in [2.45, 2.75) is 6.61 Å². The first kappa shape index (κ1) is 10.3. The molecule has 16 heavy (non-hydrogen) atoms. The van der Waals surface area contributed by atoms with E-state index in [-0.39, 0.29) is 0 Å². The maximum absolute atomic E-state index is 8.74. The van der Waals surface area contributed by atoms with Crippen molar-refractivity contribution in [3.8, 4) is 11.8 Å². The Hall–Kier alpha value is -2.27. The Morgan fingerprint density at radius 2 is 1.81 bits per heavy atom. The van der Waals surface area contributed by atoms with Gasteiger partial charge in [0, 0.05) is 0 Å². The summed E-state index contributed by atoms with van der Waals surface area (Å²) in [5, 5.41) is 8.74. The van der Waals surface area contributed by atoms with Crippen molar-refractivity contribution < 1.29 is 4.74 Å². The predicted octanol–water partition coefficient (Wildman–Crippen LogP) is 3.14. The Morgan fingerprint density at radius 1 is 1.00 bits per heavy atom. The van der Waals surface area contributed by atoms with Crippen LogP contribution in [0.1, 0.15) is 11.1 Å². The number of ether oxygens (including phenoxy) is 1. The van der Waals surface area contributed by atoms with Crippen LogP contribution in [0.5, 0.6) is 5.75 Å². The topological polar surface area (TPSA) is 33.0 Å². The van der Waals surface area contributed by atoms with Gasteiger partial charge < -0.3 is 4.74 Å². The van der Waals surface area contributed by atoms with Crippen LogP contribution < -0.4 is 4.74 Å². The number of nitrogens with zero attached hydrogens (tertiary/aromatic N) is 1. The summed E-state index contributed by atoms with van der Waals surface area (Å²) in [5.74, 6) is 0.725. The average Bonchev–Trinajstić information content (AvgIpc) is 2.38. The average molecular weight is 209 g/mol. The molecule has 2 aromatic carbocycles. The second kappa shape index (κ2) is 4.99. The second-order valence-electron chi connectivity index (χ2n) is 3.41. The fourth-order valence-corrected chi connectivity index (χ4v) is 1.40. The van der Waals surface area contributed by atoms with Gasteiger partial charge in [-0.2, -0.15) is 5.26 Å². The van der Waals surface area contributed by atoms with Crippen molar-refractivity contribution in [2.75, 3.05) is 0 Å². The van der Waals surface area contributed by atoms with Crippen molar-refractivity contribution >= 4 is 0 Å². The van der Waals surface area contributed by atoms with Gasteiger partial charge in [0.05, 0.1) is 11.6 Å². The highest BCUT2D eigenvalue weighted by molar-refractivity contribution is 5.36. The molecule has 0 bridgehead atoms. The first-order chi connectivity index (χ1) is 7.88. The van der Waals surface area contributed by atoms with Crippen LogP contribution in [0, 0.1) is 11.3 Å². The first-order valence-corrected chi connectivity index (χ1v) is 5.05. The molecule has 78 valence electrons. The molecule has 2 heteroatoms. The summed E-state index contributed by atoms with van der Waals surface area (Å²) in [4.78, 5) is 0. The van der Waals surface area contributed by atoms with Crippen LogP contribution in [0.3, 0.4) is 0 Å². The molecular weight excluding hydrogens is 198 g/mol. The van der Waals surface area contributed by atoms with Crippen molar-refractivity contribution in [1.29, 1.82) is 5.26 Å². The smallest absolute Gasteiger partial charge is 0.121 e. The second-order valence-corrected chi connectivity index (χ2v) is 3.41. The maximum atomic E-state index is 8.74. The maximum Gasteiger partial charge on any atom is 0.121 e. The summed E-state index contributed by atoms with van der Waals surface area (Å²) < 4.78 is 5.58. The summed E-state index contributed by atoms with van der Waals surface area (Å²) in [5.41, 5.74) is 1.73. The van der Waals surface area contributed by atoms with Gasteiger partial charge in [-0.05, 0) is 23.8 Å². The van der Waals surface area contributed by atoms with Gasteiger partial charge in [-0.1, -0.05) is 36.4 Å². The highest BCUT2D eigenvalue weighted by Crippen LogP contribution is 2.14. The lowest BCUT2D eigenvalue weighted by atomic mass is 10.2. The highest BCUT2D eigenvalue weighted by Gasteiger charge is 1.96. The van der Waals surface area contributed by atoms with Gasteiger partial charge in [0.25, 0.3) is 0 Å². The van der Waals surface area contributed by atoms with Gasteiger partial charge >= 0.3 is 0 Å². The van der Waals surface area contributed by atoms with E-state index >= 15 is 0 Å². The van der Waals surface area contributed by atoms with Crippen molar-refractivity contribution in [1.82, 2.24) is 0 Å². The number of benzene rings is 2. The van der Waals surface area contributed by atoms with E-state index in [9.17, 15) is 0 Å². The third kappa shape index (κ3) is 2.61. The molecule has 0 heterocycles. The van der Waals surface area contributed by atoms with Crippen LogP contribution in [0.15, 0.2) is 54.6 Å². The Balaban J connectivity index is 2.03. The Morgan fingerprint density at radius 3 is 2.56 bits per heavy atom. The summed E-state index contributed by atoms with van der Waals surface area (Å²) in [7, 11) is 0. The zero-order valence-electron chi connectivity index (χ0n) is 8.76. The van der Waals surface area contributed by atoms with Crippen molar-refractivity contribution in [2.24, 2.45) is 0 Å². The molecule has 2 aromatic rings. The summed E-state index contributed by atoms with van der Waals surface area (Å²) in [6.45, 7) is 0.524. The Kier molecular flexibility index (Phi) is 3.20. The largest absolute Gasteiger partial charge is 0.489 e. The number of hydrogen-bond donors (Lipinski definition) is 0. The molecule has 2 rings (SSSR count). The van der Waals surface area contributed by atoms with Gasteiger partial charge in [-0.15, -0.1) is 0 Å². The molecule has 0 aliphatic rings. The quantitative estimate of drug-likeness (QED) is 0.778. The molecule has 0 saturated carbocycles. The van der Waals surface area contributed by atoms with Gasteiger partial charge in [-0.3, -0.25) is 0 Å². The van der Waals surface area contributed by atoms with E-state index in [0.717, 1.165) is 11.3 Å². The third-order valence-electron chi connectivity index (χ3n) is 2.21. The molecule has 0 saturated heterocycles. The number of hydrogen-bond acceptors (Lipinski definition) is 2. The van der Waals surface area contributed by atoms with E-state index < -0.39 is 0 Å². The molecule has 2 nitrogen and oxygen atoms in total. The van der Waals surface area contributed by atoms with E-state index in [4.69, 9.17) is 10.00 Å². The number of nitriles is 1. The minimum atomic E-state index is 0.524. The molecule has 0 atom stereocenters. The van der Waals surface area contributed by atoms with Crippen LogP contribution in [0.2, 0.25) is 0 Å². The third-order valence-corrected chi connectivity index (χ3v) is 2.21. The monoisotopic (exact) mass is 209 g/mol. The van der Waals surface area contributed by atoms with Crippen LogP contribution in [-0.4, -0.2) is 0 Å². The van der Waals surface area contributed by atoms with Crippen molar-refractivity contribution in [3.05, 3.63) is 65.7 Å². The standard InChI is InChI=1S/C14H11NO/c15-10-13-7-4-8-14(9-13)16-11-12-5-2-1-3-6-12/h1-9H,11H2. The molecular formula is C14H11NO. The summed E-state index contributed by atoms with van der Waals surface area (Å²) >= 11 is 0. The molecule has 0 N–H and O–H groups in total. The SMILES string of the molecule is N#Cc1cccc(OCc2ccccc2)c1. The molecule has 0 fully saturated rings. The Bertz CT molecular complexity index is 500. The van der Waals surface area contributed by atoms with Crippen LogP contribution >= 0.6 is 0 Å². The first-order valence-electron chi connectivity index (χ1n) is 5.05. The molecule has 0 spiro atoms. The molecule has 0 unspecified atom stereocenters. The Labute approximate surface area is 94.7 Å². The van der Waals surface area contributed by atoms with Crippen LogP contribution in [-0.2, 0) is 6.61 Å². The lowest BCUT2D eigenvalue weighted by molar-refractivity contribution is 0.306.